The lowest BCUT2D eigenvalue weighted by molar-refractivity contribution is 0.582. The number of nitrogens with zero attached hydrogens (tertiary/aromatic N) is 2. The Balaban J connectivity index is 1.73. The van der Waals surface area contributed by atoms with Crippen LogP contribution in [0.4, 0.5) is 0 Å². The van der Waals surface area contributed by atoms with E-state index in [1.807, 2.05) is 18.3 Å². The first-order chi connectivity index (χ1) is 9.42. The topological polar surface area (TPSA) is 31.0 Å². The Bertz CT molecular complexity index is 693. The number of aromatic nitrogens is 2. The summed E-state index contributed by atoms with van der Waals surface area (Å²) in [6.45, 7) is 1.09. The zero-order valence-corrected chi connectivity index (χ0v) is 10.5. The molecule has 3 heteroatoms. The average molecular weight is 250 g/mol. The number of aryl methyl sites for hydroxylation is 1. The summed E-state index contributed by atoms with van der Waals surface area (Å²) < 4.78 is 7.73. The molecule has 3 aromatic rings. The van der Waals surface area contributed by atoms with Gasteiger partial charge in [-0.05, 0) is 24.1 Å². The third-order valence-corrected chi connectivity index (χ3v) is 3.71. The summed E-state index contributed by atoms with van der Waals surface area (Å²) in [5.41, 5.74) is 3.55. The molecule has 0 saturated heterocycles. The number of rotatable bonds is 2. The lowest BCUT2D eigenvalue weighted by Gasteiger charge is -2.05. The minimum absolute atomic E-state index is 0.907. The van der Waals surface area contributed by atoms with Crippen molar-refractivity contribution in [3.8, 4) is 22.6 Å². The molecule has 0 saturated carbocycles. The van der Waals surface area contributed by atoms with Gasteiger partial charge in [-0.2, -0.15) is 0 Å². The van der Waals surface area contributed by atoms with Crippen molar-refractivity contribution in [2.24, 2.45) is 0 Å². The van der Waals surface area contributed by atoms with Crippen molar-refractivity contribution in [2.75, 3.05) is 0 Å². The molecule has 2 aromatic heterocycles. The quantitative estimate of drug-likeness (QED) is 0.693. The molecule has 0 radical (unpaired) electrons. The zero-order chi connectivity index (χ0) is 12.7. The average Bonchev–Trinajstić information content (AvgIpc) is 3.16. The van der Waals surface area contributed by atoms with Gasteiger partial charge in [-0.15, -0.1) is 0 Å². The Morgan fingerprint density at radius 3 is 2.68 bits per heavy atom. The van der Waals surface area contributed by atoms with Crippen molar-refractivity contribution in [1.29, 1.82) is 0 Å². The molecular formula is C16H14N2O. The van der Waals surface area contributed by atoms with Crippen LogP contribution in [0.25, 0.3) is 22.6 Å². The molecule has 0 unspecified atom stereocenters. The van der Waals surface area contributed by atoms with E-state index in [1.165, 1.54) is 23.5 Å². The van der Waals surface area contributed by atoms with Crippen molar-refractivity contribution in [3.05, 3.63) is 54.7 Å². The first-order valence-electron chi connectivity index (χ1n) is 6.60. The predicted octanol–water partition coefficient (Wildman–Crippen LogP) is 3.76. The third kappa shape index (κ3) is 1.70. The highest BCUT2D eigenvalue weighted by atomic mass is 16.3. The number of furan rings is 1. The van der Waals surface area contributed by atoms with Crippen LogP contribution in [0.5, 0.6) is 0 Å². The molecule has 0 aliphatic carbocycles. The smallest absolute Gasteiger partial charge is 0.133 e. The number of imidazole rings is 1. The molecule has 0 atom stereocenters. The standard InChI is InChI=1S/C16H14N2O/c1-4-16-17-11-14(18(16)9-1)12-5-7-13(8-6-12)15-3-2-10-19-15/h2-3,5-8,10-11H,1,4,9H2. The molecule has 3 nitrogen and oxygen atoms in total. The molecule has 0 N–H and O–H groups in total. The maximum Gasteiger partial charge on any atom is 0.133 e. The van der Waals surface area contributed by atoms with Crippen LogP contribution in [-0.2, 0) is 13.0 Å². The molecule has 1 aromatic carbocycles. The first kappa shape index (κ1) is 10.6. The fourth-order valence-corrected chi connectivity index (χ4v) is 2.74. The van der Waals surface area contributed by atoms with Gasteiger partial charge in [0.05, 0.1) is 18.2 Å². The van der Waals surface area contributed by atoms with Gasteiger partial charge < -0.3 is 8.98 Å². The zero-order valence-electron chi connectivity index (χ0n) is 10.5. The minimum atomic E-state index is 0.907. The van der Waals surface area contributed by atoms with Crippen molar-refractivity contribution in [1.82, 2.24) is 9.55 Å². The van der Waals surface area contributed by atoms with Gasteiger partial charge in [0, 0.05) is 18.5 Å². The van der Waals surface area contributed by atoms with E-state index in [2.05, 4.69) is 33.8 Å². The molecule has 1 aliphatic rings. The normalized spacial score (nSPS) is 13.7. The molecule has 19 heavy (non-hydrogen) atoms. The lowest BCUT2D eigenvalue weighted by Crippen LogP contribution is -1.95. The predicted molar refractivity (Wildman–Crippen MR) is 73.7 cm³/mol. The monoisotopic (exact) mass is 250 g/mol. The number of fused-ring (bicyclic) bond motifs is 1. The van der Waals surface area contributed by atoms with E-state index in [-0.39, 0.29) is 0 Å². The van der Waals surface area contributed by atoms with Crippen LogP contribution in [0.1, 0.15) is 12.2 Å². The highest BCUT2D eigenvalue weighted by Crippen LogP contribution is 2.28. The van der Waals surface area contributed by atoms with E-state index in [9.17, 15) is 0 Å². The highest BCUT2D eigenvalue weighted by molar-refractivity contribution is 5.66. The molecule has 4 rings (SSSR count). The SMILES string of the molecule is c1coc(-c2ccc(-c3cnc4n3CCC4)cc2)c1. The Labute approximate surface area is 111 Å². The van der Waals surface area contributed by atoms with Crippen molar-refractivity contribution >= 4 is 0 Å². The number of hydrogen-bond acceptors (Lipinski definition) is 2. The van der Waals surface area contributed by atoms with Crippen molar-refractivity contribution in [3.63, 3.8) is 0 Å². The van der Waals surface area contributed by atoms with Crippen molar-refractivity contribution < 1.29 is 4.42 Å². The van der Waals surface area contributed by atoms with Gasteiger partial charge >= 0.3 is 0 Å². The maximum atomic E-state index is 5.41. The Kier molecular flexibility index (Phi) is 2.30. The Hall–Kier alpha value is -2.29. The summed E-state index contributed by atoms with van der Waals surface area (Å²) in [4.78, 5) is 4.49. The van der Waals surface area contributed by atoms with Gasteiger partial charge in [0.2, 0.25) is 0 Å². The first-order valence-corrected chi connectivity index (χ1v) is 6.60. The lowest BCUT2D eigenvalue weighted by atomic mass is 10.1. The van der Waals surface area contributed by atoms with Crippen LogP contribution in [0.15, 0.2) is 53.3 Å². The number of hydrogen-bond donors (Lipinski definition) is 0. The summed E-state index contributed by atoms with van der Waals surface area (Å²) in [5.74, 6) is 2.12. The Morgan fingerprint density at radius 2 is 1.89 bits per heavy atom. The Morgan fingerprint density at radius 1 is 1.05 bits per heavy atom. The fraction of sp³-hybridized carbons (Fsp3) is 0.188. The minimum Gasteiger partial charge on any atom is -0.464 e. The summed E-state index contributed by atoms with van der Waals surface area (Å²) in [5, 5.41) is 0. The van der Waals surface area contributed by atoms with Gasteiger partial charge in [0.1, 0.15) is 11.6 Å². The van der Waals surface area contributed by atoms with Crippen LogP contribution >= 0.6 is 0 Å². The summed E-state index contributed by atoms with van der Waals surface area (Å²) >= 11 is 0. The van der Waals surface area contributed by atoms with E-state index >= 15 is 0 Å². The second-order valence-corrected chi connectivity index (χ2v) is 4.87. The molecule has 94 valence electrons. The molecule has 3 heterocycles. The van der Waals surface area contributed by atoms with E-state index in [0.717, 1.165) is 24.3 Å². The maximum absolute atomic E-state index is 5.41. The van der Waals surface area contributed by atoms with Gasteiger partial charge in [-0.25, -0.2) is 4.98 Å². The number of benzene rings is 1. The van der Waals surface area contributed by atoms with E-state index < -0.39 is 0 Å². The van der Waals surface area contributed by atoms with Gasteiger partial charge in [0.25, 0.3) is 0 Å². The van der Waals surface area contributed by atoms with Gasteiger partial charge in [-0.3, -0.25) is 0 Å². The third-order valence-electron chi connectivity index (χ3n) is 3.71. The molecule has 0 amide bonds. The van der Waals surface area contributed by atoms with Crippen LogP contribution < -0.4 is 0 Å². The van der Waals surface area contributed by atoms with Crippen molar-refractivity contribution in [2.45, 2.75) is 19.4 Å². The second-order valence-electron chi connectivity index (χ2n) is 4.87. The van der Waals surface area contributed by atoms with E-state index in [0.29, 0.717) is 0 Å². The second kappa shape index (κ2) is 4.12. The summed E-state index contributed by atoms with van der Waals surface area (Å²) in [6, 6.07) is 12.4. The summed E-state index contributed by atoms with van der Waals surface area (Å²) in [6.07, 6.45) is 5.99. The highest BCUT2D eigenvalue weighted by Gasteiger charge is 2.16. The largest absolute Gasteiger partial charge is 0.464 e. The van der Waals surface area contributed by atoms with E-state index in [4.69, 9.17) is 4.42 Å². The van der Waals surface area contributed by atoms with E-state index in [1.54, 1.807) is 6.26 Å². The molecule has 0 fully saturated rings. The van der Waals surface area contributed by atoms with Crippen LogP contribution in [0.2, 0.25) is 0 Å². The molecule has 1 aliphatic heterocycles. The molecule has 0 spiro atoms. The molecular weight excluding hydrogens is 236 g/mol. The fourth-order valence-electron chi connectivity index (χ4n) is 2.74. The van der Waals surface area contributed by atoms with Gasteiger partial charge in [0.15, 0.2) is 0 Å². The van der Waals surface area contributed by atoms with Crippen LogP contribution in [0, 0.1) is 0 Å². The summed E-state index contributed by atoms with van der Waals surface area (Å²) in [7, 11) is 0. The van der Waals surface area contributed by atoms with Crippen LogP contribution in [-0.4, -0.2) is 9.55 Å². The van der Waals surface area contributed by atoms with Crippen LogP contribution in [0.3, 0.4) is 0 Å². The molecule has 0 bridgehead atoms. The van der Waals surface area contributed by atoms with Gasteiger partial charge in [-0.1, -0.05) is 24.3 Å².